The molecule has 0 aliphatic carbocycles. The predicted octanol–water partition coefficient (Wildman–Crippen LogP) is 5.38. The Morgan fingerprint density at radius 3 is 2.83 bits per heavy atom. The summed E-state index contributed by atoms with van der Waals surface area (Å²) in [6, 6.07) is 14.1. The van der Waals surface area contributed by atoms with Crippen molar-refractivity contribution in [3.63, 3.8) is 0 Å². The van der Waals surface area contributed by atoms with Crippen LogP contribution in [-0.2, 0) is 12.3 Å². The Morgan fingerprint density at radius 1 is 1.17 bits per heavy atom. The number of allylic oxidation sites excluding steroid dienone is 1. The van der Waals surface area contributed by atoms with Gasteiger partial charge in [0.2, 0.25) is 11.7 Å². The van der Waals surface area contributed by atoms with Gasteiger partial charge in [0.25, 0.3) is 0 Å². The molecule has 4 rings (SSSR count). The second-order valence-electron chi connectivity index (χ2n) is 6.00. The lowest BCUT2D eigenvalue weighted by atomic mass is 10.2. The third kappa shape index (κ3) is 4.30. The maximum atomic E-state index is 14.2. The van der Waals surface area contributed by atoms with E-state index in [1.165, 1.54) is 17.8 Å². The smallest absolute Gasteiger partial charge is 0.237 e. The molecule has 0 bridgehead atoms. The highest BCUT2D eigenvalue weighted by Crippen LogP contribution is 2.28. The van der Waals surface area contributed by atoms with E-state index in [0.29, 0.717) is 40.6 Å². The molecule has 0 atom stereocenters. The van der Waals surface area contributed by atoms with Crippen molar-refractivity contribution in [2.45, 2.75) is 17.5 Å². The number of benzene rings is 2. The van der Waals surface area contributed by atoms with Gasteiger partial charge < -0.3 is 4.52 Å². The number of thioether (sulfide) groups is 1. The van der Waals surface area contributed by atoms with E-state index in [9.17, 15) is 4.39 Å². The maximum absolute atomic E-state index is 14.2. The van der Waals surface area contributed by atoms with E-state index in [4.69, 9.17) is 4.52 Å². The lowest BCUT2D eigenvalue weighted by molar-refractivity contribution is 0.391. The van der Waals surface area contributed by atoms with Crippen molar-refractivity contribution in [1.82, 2.24) is 24.9 Å². The van der Waals surface area contributed by atoms with Crippen LogP contribution in [-0.4, -0.2) is 24.9 Å². The average Bonchev–Trinajstić information content (AvgIpc) is 3.35. The second kappa shape index (κ2) is 8.71. The van der Waals surface area contributed by atoms with Crippen molar-refractivity contribution in [2.24, 2.45) is 0 Å². The van der Waals surface area contributed by atoms with Crippen LogP contribution in [0.2, 0.25) is 0 Å². The van der Waals surface area contributed by atoms with Gasteiger partial charge in [0.15, 0.2) is 11.0 Å². The molecule has 0 saturated heterocycles. The Hall–Kier alpha value is -2.78. The summed E-state index contributed by atoms with van der Waals surface area (Å²) in [5.74, 6) is 1.49. The van der Waals surface area contributed by atoms with E-state index in [2.05, 4.69) is 42.8 Å². The maximum Gasteiger partial charge on any atom is 0.237 e. The average molecular weight is 472 g/mol. The first-order valence-corrected chi connectivity index (χ1v) is 10.4. The Labute approximate surface area is 179 Å². The molecule has 9 heteroatoms. The van der Waals surface area contributed by atoms with E-state index in [-0.39, 0.29) is 5.82 Å². The fraction of sp³-hybridized carbons (Fsp3) is 0.100. The molecule has 0 N–H and O–H groups in total. The Balaban J connectivity index is 1.55. The first-order chi connectivity index (χ1) is 14.2. The molecular weight excluding hydrogens is 457 g/mol. The first kappa shape index (κ1) is 19.5. The van der Waals surface area contributed by atoms with Gasteiger partial charge in [-0.2, -0.15) is 4.98 Å². The third-order valence-corrected chi connectivity index (χ3v) is 5.46. The number of hydrogen-bond acceptors (Lipinski definition) is 6. The van der Waals surface area contributed by atoms with Crippen LogP contribution >= 0.6 is 27.7 Å². The van der Waals surface area contributed by atoms with Gasteiger partial charge >= 0.3 is 0 Å². The van der Waals surface area contributed by atoms with E-state index in [1.807, 2.05) is 28.8 Å². The fourth-order valence-electron chi connectivity index (χ4n) is 2.72. The highest BCUT2D eigenvalue weighted by atomic mass is 79.9. The van der Waals surface area contributed by atoms with Crippen LogP contribution in [0.25, 0.3) is 22.8 Å². The van der Waals surface area contributed by atoms with Crippen molar-refractivity contribution in [2.75, 3.05) is 0 Å². The van der Waals surface area contributed by atoms with E-state index in [0.717, 1.165) is 10.0 Å². The molecule has 146 valence electrons. The third-order valence-electron chi connectivity index (χ3n) is 4.02. The van der Waals surface area contributed by atoms with Gasteiger partial charge in [-0.25, -0.2) is 4.39 Å². The molecule has 29 heavy (non-hydrogen) atoms. The summed E-state index contributed by atoms with van der Waals surface area (Å²) >= 11 is 4.82. The zero-order valence-electron chi connectivity index (χ0n) is 15.1. The molecule has 0 aliphatic heterocycles. The Bertz CT molecular complexity index is 1160. The number of aromatic nitrogens is 5. The number of nitrogens with zero attached hydrogens (tertiary/aromatic N) is 5. The highest BCUT2D eigenvalue weighted by molar-refractivity contribution is 9.10. The van der Waals surface area contributed by atoms with Gasteiger partial charge in [-0.3, -0.25) is 4.57 Å². The Kier molecular flexibility index (Phi) is 5.86. The van der Waals surface area contributed by atoms with Crippen LogP contribution in [0.5, 0.6) is 0 Å². The number of hydrogen-bond donors (Lipinski definition) is 0. The number of rotatable bonds is 7. The molecule has 2 heterocycles. The van der Waals surface area contributed by atoms with Crippen molar-refractivity contribution in [3.05, 3.63) is 77.4 Å². The van der Waals surface area contributed by atoms with Gasteiger partial charge in [0, 0.05) is 16.6 Å². The molecule has 0 aliphatic rings. The van der Waals surface area contributed by atoms with Gasteiger partial charge in [0.1, 0.15) is 5.82 Å². The molecule has 0 spiro atoms. The van der Waals surface area contributed by atoms with Gasteiger partial charge in [-0.1, -0.05) is 63.2 Å². The zero-order chi connectivity index (χ0) is 20.2. The summed E-state index contributed by atoms with van der Waals surface area (Å²) in [6.07, 6.45) is 1.72. The van der Waals surface area contributed by atoms with Gasteiger partial charge in [-0.15, -0.1) is 16.8 Å². The molecule has 2 aromatic carbocycles. The van der Waals surface area contributed by atoms with Crippen LogP contribution < -0.4 is 0 Å². The molecular formula is C20H15BrFN5OS. The van der Waals surface area contributed by atoms with Gasteiger partial charge in [0.05, 0.1) is 11.3 Å². The van der Waals surface area contributed by atoms with Crippen LogP contribution in [0.3, 0.4) is 0 Å². The lowest BCUT2D eigenvalue weighted by Gasteiger charge is -2.07. The summed E-state index contributed by atoms with van der Waals surface area (Å²) in [5.41, 5.74) is 1.25. The standard InChI is InChI=1S/C20H15BrFN5OS/c1-2-10-27-19(15-8-3-4-9-16(15)22)24-25-20(27)29-12-17-23-18(26-28-17)13-6-5-7-14(21)11-13/h2-9,11H,1,10,12H2. The topological polar surface area (TPSA) is 69.6 Å². The summed E-state index contributed by atoms with van der Waals surface area (Å²) in [6.45, 7) is 4.22. The van der Waals surface area contributed by atoms with Gasteiger partial charge in [-0.05, 0) is 24.3 Å². The van der Waals surface area contributed by atoms with Crippen molar-refractivity contribution in [1.29, 1.82) is 0 Å². The molecule has 2 aromatic heterocycles. The van der Waals surface area contributed by atoms with Crippen molar-refractivity contribution < 1.29 is 8.91 Å². The monoisotopic (exact) mass is 471 g/mol. The Morgan fingerprint density at radius 2 is 2.03 bits per heavy atom. The van der Waals surface area contributed by atoms with Crippen molar-refractivity contribution in [3.8, 4) is 22.8 Å². The first-order valence-electron chi connectivity index (χ1n) is 8.66. The molecule has 4 aromatic rings. The van der Waals surface area contributed by atoms with Crippen LogP contribution in [0.15, 0.2) is 75.3 Å². The summed E-state index contributed by atoms with van der Waals surface area (Å²) in [4.78, 5) is 4.43. The minimum absolute atomic E-state index is 0.350. The number of halogens is 2. The summed E-state index contributed by atoms with van der Waals surface area (Å²) in [5, 5.41) is 13.0. The molecule has 0 unspecified atom stereocenters. The largest absolute Gasteiger partial charge is 0.338 e. The summed E-state index contributed by atoms with van der Waals surface area (Å²) in [7, 11) is 0. The molecule has 0 saturated carbocycles. The molecule has 0 fully saturated rings. The van der Waals surface area contributed by atoms with Crippen LogP contribution in [0.1, 0.15) is 5.89 Å². The lowest BCUT2D eigenvalue weighted by Crippen LogP contribution is -2.01. The van der Waals surface area contributed by atoms with E-state index < -0.39 is 0 Å². The molecule has 6 nitrogen and oxygen atoms in total. The minimum Gasteiger partial charge on any atom is -0.338 e. The fourth-order valence-corrected chi connectivity index (χ4v) is 3.90. The van der Waals surface area contributed by atoms with E-state index >= 15 is 0 Å². The quantitative estimate of drug-likeness (QED) is 0.266. The zero-order valence-corrected chi connectivity index (χ0v) is 17.5. The molecule has 0 amide bonds. The normalized spacial score (nSPS) is 11.0. The highest BCUT2D eigenvalue weighted by Gasteiger charge is 2.17. The molecule has 0 radical (unpaired) electrons. The second-order valence-corrected chi connectivity index (χ2v) is 7.85. The predicted molar refractivity (Wildman–Crippen MR) is 113 cm³/mol. The van der Waals surface area contributed by atoms with E-state index in [1.54, 1.807) is 24.3 Å². The van der Waals surface area contributed by atoms with Crippen molar-refractivity contribution >= 4 is 27.7 Å². The SMILES string of the molecule is C=CCn1c(SCc2nc(-c3cccc(Br)c3)no2)nnc1-c1ccccc1F. The van der Waals surface area contributed by atoms with Crippen LogP contribution in [0.4, 0.5) is 4.39 Å². The van der Waals surface area contributed by atoms with Crippen LogP contribution in [0, 0.1) is 5.82 Å². The summed E-state index contributed by atoms with van der Waals surface area (Å²) < 4.78 is 22.3. The minimum atomic E-state index is -0.350.